The molecule has 0 bridgehead atoms. The zero-order valence-electron chi connectivity index (χ0n) is 18.3. The number of ether oxygens (including phenoxy) is 2. The van der Waals surface area contributed by atoms with E-state index in [1.54, 1.807) is 26.3 Å². The van der Waals surface area contributed by atoms with Gasteiger partial charge >= 0.3 is 0 Å². The number of hydrogen-bond acceptors (Lipinski definition) is 5. The highest BCUT2D eigenvalue weighted by atomic mass is 127. The molecule has 1 aliphatic carbocycles. The largest absolute Gasteiger partial charge is 0.508 e. The molecule has 30 heavy (non-hydrogen) atoms. The second-order valence-corrected chi connectivity index (χ2v) is 8.22. The Labute approximate surface area is 197 Å². The zero-order valence-corrected chi connectivity index (χ0v) is 20.6. The maximum Gasteiger partial charge on any atom is 0.191 e. The first-order chi connectivity index (χ1) is 14.1. The van der Waals surface area contributed by atoms with E-state index >= 15 is 0 Å². The van der Waals surface area contributed by atoms with Crippen LogP contribution in [0, 0.1) is 5.41 Å². The molecular formula is C22H37IN4O3. The van der Waals surface area contributed by atoms with E-state index in [2.05, 4.69) is 20.5 Å². The smallest absolute Gasteiger partial charge is 0.191 e. The molecule has 1 saturated carbocycles. The summed E-state index contributed by atoms with van der Waals surface area (Å²) in [5, 5.41) is 17.0. The van der Waals surface area contributed by atoms with Crippen LogP contribution in [0.4, 0.5) is 0 Å². The van der Waals surface area contributed by atoms with Gasteiger partial charge in [0.15, 0.2) is 5.96 Å². The quantitative estimate of drug-likeness (QED) is 0.285. The highest BCUT2D eigenvalue weighted by Gasteiger charge is 2.34. The van der Waals surface area contributed by atoms with Crippen LogP contribution >= 0.6 is 24.0 Å². The van der Waals surface area contributed by atoms with E-state index < -0.39 is 0 Å². The van der Waals surface area contributed by atoms with Crippen LogP contribution in [0.5, 0.6) is 11.5 Å². The minimum absolute atomic E-state index is 0. The van der Waals surface area contributed by atoms with Crippen LogP contribution in [-0.4, -0.2) is 69.5 Å². The first kappa shape index (κ1) is 25.0. The van der Waals surface area contributed by atoms with Crippen LogP contribution in [-0.2, 0) is 11.3 Å². The van der Waals surface area contributed by atoms with E-state index in [9.17, 15) is 5.11 Å². The fourth-order valence-corrected chi connectivity index (χ4v) is 4.43. The van der Waals surface area contributed by atoms with Gasteiger partial charge in [-0.25, -0.2) is 0 Å². The molecule has 0 unspecified atom stereocenters. The summed E-state index contributed by atoms with van der Waals surface area (Å²) in [6.07, 6.45) is 6.45. The summed E-state index contributed by atoms with van der Waals surface area (Å²) in [5.74, 6) is 1.75. The molecule has 0 spiro atoms. The molecule has 1 aromatic carbocycles. The molecule has 3 N–H and O–H groups in total. The number of nitrogens with one attached hydrogen (secondary N) is 2. The van der Waals surface area contributed by atoms with Gasteiger partial charge in [-0.1, -0.05) is 19.3 Å². The Kier molecular flexibility index (Phi) is 10.5. The van der Waals surface area contributed by atoms with E-state index in [-0.39, 0.29) is 35.1 Å². The predicted molar refractivity (Wildman–Crippen MR) is 131 cm³/mol. The number of benzene rings is 1. The molecule has 1 saturated heterocycles. The number of halogens is 1. The summed E-state index contributed by atoms with van der Waals surface area (Å²) in [7, 11) is 3.42. The lowest BCUT2D eigenvalue weighted by Crippen LogP contribution is -2.51. The number of guanidine groups is 1. The number of aliphatic imine (C=N–C) groups is 1. The van der Waals surface area contributed by atoms with Gasteiger partial charge in [-0.15, -0.1) is 24.0 Å². The van der Waals surface area contributed by atoms with E-state index in [1.807, 2.05) is 6.07 Å². The number of aromatic hydroxyl groups is 1. The lowest BCUT2D eigenvalue weighted by atomic mass is 9.73. The first-order valence-electron chi connectivity index (χ1n) is 10.7. The summed E-state index contributed by atoms with van der Waals surface area (Å²) >= 11 is 0. The van der Waals surface area contributed by atoms with E-state index in [1.165, 1.54) is 32.1 Å². The highest BCUT2D eigenvalue weighted by molar-refractivity contribution is 14.0. The molecule has 0 aromatic heterocycles. The van der Waals surface area contributed by atoms with Crippen molar-refractivity contribution in [2.75, 3.05) is 53.6 Å². The van der Waals surface area contributed by atoms with E-state index in [0.29, 0.717) is 6.54 Å². The Morgan fingerprint density at radius 2 is 1.93 bits per heavy atom. The lowest BCUT2D eigenvalue weighted by molar-refractivity contribution is 0.00820. The third kappa shape index (κ3) is 7.16. The van der Waals surface area contributed by atoms with E-state index in [4.69, 9.17) is 9.47 Å². The number of hydrogen-bond donors (Lipinski definition) is 3. The third-order valence-electron chi connectivity index (χ3n) is 6.16. The van der Waals surface area contributed by atoms with Gasteiger partial charge in [0.05, 0.1) is 20.3 Å². The standard InChI is InChI=1S/C22H36N4O3.HI/c1-23-21(24-15-18-14-19(28-2)6-7-20(18)27)25-16-22(8-4-3-5-9-22)17-26-10-12-29-13-11-26;/h6-7,14,27H,3-5,8-13,15-17H2,1-2H3,(H2,23,24,25);1H. The highest BCUT2D eigenvalue weighted by Crippen LogP contribution is 2.36. The second-order valence-electron chi connectivity index (χ2n) is 8.22. The molecule has 0 radical (unpaired) electrons. The molecule has 7 nitrogen and oxygen atoms in total. The average Bonchev–Trinajstić information content (AvgIpc) is 2.76. The maximum atomic E-state index is 10.1. The Morgan fingerprint density at radius 3 is 2.60 bits per heavy atom. The SMILES string of the molecule is CN=C(NCc1cc(OC)ccc1O)NCC1(CN2CCOCC2)CCCCC1.I. The molecular weight excluding hydrogens is 495 g/mol. The van der Waals surface area contributed by atoms with Crippen LogP contribution in [0.3, 0.4) is 0 Å². The zero-order chi connectivity index (χ0) is 20.5. The fraction of sp³-hybridized carbons (Fsp3) is 0.682. The van der Waals surface area contributed by atoms with Crippen molar-refractivity contribution in [1.82, 2.24) is 15.5 Å². The van der Waals surface area contributed by atoms with Gasteiger partial charge in [0.25, 0.3) is 0 Å². The second kappa shape index (κ2) is 12.6. The molecule has 170 valence electrons. The van der Waals surface area contributed by atoms with Crippen molar-refractivity contribution in [3.05, 3.63) is 23.8 Å². The van der Waals surface area contributed by atoms with Gasteiger partial charge in [0, 0.05) is 50.7 Å². The molecule has 3 rings (SSSR count). The van der Waals surface area contributed by atoms with Gasteiger partial charge in [-0.3, -0.25) is 9.89 Å². The molecule has 1 aliphatic heterocycles. The van der Waals surface area contributed by atoms with Gasteiger partial charge in [-0.2, -0.15) is 0 Å². The number of phenolic OH excluding ortho intramolecular Hbond substituents is 1. The van der Waals surface area contributed by atoms with Gasteiger partial charge in [-0.05, 0) is 31.0 Å². The van der Waals surface area contributed by atoms with Crippen LogP contribution in [0.15, 0.2) is 23.2 Å². The number of phenols is 1. The number of rotatable bonds is 7. The molecule has 2 aliphatic rings. The van der Waals surface area contributed by atoms with Crippen LogP contribution in [0.2, 0.25) is 0 Å². The number of methoxy groups -OCH3 is 1. The minimum atomic E-state index is 0. The molecule has 2 fully saturated rings. The lowest BCUT2D eigenvalue weighted by Gasteiger charge is -2.42. The first-order valence-corrected chi connectivity index (χ1v) is 10.7. The fourth-order valence-electron chi connectivity index (χ4n) is 4.43. The van der Waals surface area contributed by atoms with Gasteiger partial charge < -0.3 is 25.2 Å². The Hall–Kier alpha value is -1.26. The molecule has 0 atom stereocenters. The third-order valence-corrected chi connectivity index (χ3v) is 6.16. The Balaban J connectivity index is 0.00000320. The normalized spacial score (nSPS) is 19.6. The van der Waals surface area contributed by atoms with Gasteiger partial charge in [0.1, 0.15) is 11.5 Å². The molecule has 1 heterocycles. The topological polar surface area (TPSA) is 78.4 Å². The Morgan fingerprint density at radius 1 is 1.20 bits per heavy atom. The van der Waals surface area contributed by atoms with Crippen molar-refractivity contribution in [2.45, 2.75) is 38.6 Å². The number of nitrogens with zero attached hydrogens (tertiary/aromatic N) is 2. The van der Waals surface area contributed by atoms with Gasteiger partial charge in [0.2, 0.25) is 0 Å². The van der Waals surface area contributed by atoms with Crippen LogP contribution < -0.4 is 15.4 Å². The molecule has 8 heteroatoms. The monoisotopic (exact) mass is 532 g/mol. The van der Waals surface area contributed by atoms with Crippen molar-refractivity contribution in [1.29, 1.82) is 0 Å². The van der Waals surface area contributed by atoms with E-state index in [0.717, 1.165) is 56.7 Å². The average molecular weight is 532 g/mol. The van der Waals surface area contributed by atoms with Crippen molar-refractivity contribution >= 4 is 29.9 Å². The maximum absolute atomic E-state index is 10.1. The predicted octanol–water partition coefficient (Wildman–Crippen LogP) is 2.97. The summed E-state index contributed by atoms with van der Waals surface area (Å²) < 4.78 is 10.8. The van der Waals surface area contributed by atoms with Crippen molar-refractivity contribution in [3.8, 4) is 11.5 Å². The summed E-state index contributed by atoms with van der Waals surface area (Å²) in [4.78, 5) is 6.94. The summed E-state index contributed by atoms with van der Waals surface area (Å²) in [5.41, 5.74) is 1.07. The minimum Gasteiger partial charge on any atom is -0.508 e. The van der Waals surface area contributed by atoms with Crippen molar-refractivity contribution in [2.24, 2.45) is 10.4 Å². The van der Waals surface area contributed by atoms with Crippen LogP contribution in [0.1, 0.15) is 37.7 Å². The summed E-state index contributed by atoms with van der Waals surface area (Å²) in [6, 6.07) is 5.26. The van der Waals surface area contributed by atoms with Crippen molar-refractivity contribution < 1.29 is 14.6 Å². The van der Waals surface area contributed by atoms with Crippen LogP contribution in [0.25, 0.3) is 0 Å². The molecule has 0 amide bonds. The number of morpholine rings is 1. The summed E-state index contributed by atoms with van der Waals surface area (Å²) in [6.45, 7) is 6.27. The van der Waals surface area contributed by atoms with Crippen molar-refractivity contribution in [3.63, 3.8) is 0 Å². The molecule has 1 aromatic rings. The Bertz CT molecular complexity index is 674.